The molecule has 120 valence electrons. The van der Waals surface area contributed by atoms with Crippen LogP contribution in [0.3, 0.4) is 0 Å². The molecule has 6 nitrogen and oxygen atoms in total. The minimum Gasteiger partial charge on any atom is -0.266 e. The Kier molecular flexibility index (Phi) is 5.23. The molecule has 0 aliphatic heterocycles. The monoisotopic (exact) mass is 346 g/mol. The quantitative estimate of drug-likeness (QED) is 0.757. The van der Waals surface area contributed by atoms with E-state index >= 15 is 0 Å². The van der Waals surface area contributed by atoms with Crippen LogP contribution in [0.4, 0.5) is 18.9 Å². The van der Waals surface area contributed by atoms with Crippen LogP contribution in [-0.4, -0.2) is 42.4 Å². The van der Waals surface area contributed by atoms with E-state index in [-0.39, 0.29) is 6.54 Å². The van der Waals surface area contributed by atoms with E-state index in [4.69, 9.17) is 0 Å². The molecule has 0 radical (unpaired) electrons. The smallest absolute Gasteiger partial charge is 0.232 e. The highest BCUT2D eigenvalue weighted by atomic mass is 32.2. The number of sulfonamides is 2. The molecule has 0 heterocycles. The van der Waals surface area contributed by atoms with Crippen LogP contribution < -0.4 is 9.03 Å². The molecular formula is C10H13F3N2O4S2. The highest BCUT2D eigenvalue weighted by Crippen LogP contribution is 2.25. The van der Waals surface area contributed by atoms with E-state index in [1.54, 1.807) is 0 Å². The van der Waals surface area contributed by atoms with Crippen LogP contribution in [0.5, 0.6) is 0 Å². The lowest BCUT2D eigenvalue weighted by molar-refractivity contribution is 0.447. The van der Waals surface area contributed by atoms with Gasteiger partial charge in [0.1, 0.15) is 0 Å². The number of anilines is 1. The van der Waals surface area contributed by atoms with E-state index in [0.29, 0.717) is 10.4 Å². The van der Waals surface area contributed by atoms with E-state index < -0.39 is 49.7 Å². The molecule has 0 aromatic heterocycles. The summed E-state index contributed by atoms with van der Waals surface area (Å²) in [4.78, 5) is 0. The van der Waals surface area contributed by atoms with Crippen LogP contribution in [0.1, 0.15) is 0 Å². The van der Waals surface area contributed by atoms with Gasteiger partial charge < -0.3 is 0 Å². The molecule has 1 aromatic rings. The fraction of sp³-hybridized carbons (Fsp3) is 0.400. The fourth-order valence-corrected chi connectivity index (χ4v) is 2.89. The van der Waals surface area contributed by atoms with Gasteiger partial charge in [0, 0.05) is 13.1 Å². The zero-order chi connectivity index (χ0) is 16.4. The zero-order valence-corrected chi connectivity index (χ0v) is 12.7. The van der Waals surface area contributed by atoms with Gasteiger partial charge in [-0.3, -0.25) is 4.31 Å². The van der Waals surface area contributed by atoms with Gasteiger partial charge in [-0.05, 0) is 12.1 Å². The number of halogens is 3. The van der Waals surface area contributed by atoms with Crippen molar-refractivity contribution < 1.29 is 30.0 Å². The van der Waals surface area contributed by atoms with Crippen LogP contribution in [0.15, 0.2) is 12.1 Å². The van der Waals surface area contributed by atoms with Gasteiger partial charge in [-0.1, -0.05) is 0 Å². The van der Waals surface area contributed by atoms with Gasteiger partial charge in [0.05, 0.1) is 18.2 Å². The SMILES string of the molecule is CS(=O)(=O)NCCN(c1ccc(F)c(F)c1F)S(C)(=O)=O. The normalized spacial score (nSPS) is 12.4. The fourth-order valence-electron chi connectivity index (χ4n) is 1.51. The third kappa shape index (κ3) is 4.86. The molecular weight excluding hydrogens is 333 g/mol. The standard InChI is InChI=1S/C10H13F3N2O4S2/c1-20(16,17)14-5-6-15(21(2,18)19)8-4-3-7(11)9(12)10(8)13/h3-4,14H,5-6H2,1-2H3. The molecule has 0 bridgehead atoms. The van der Waals surface area contributed by atoms with Crippen molar-refractivity contribution in [2.75, 3.05) is 29.9 Å². The number of nitrogens with one attached hydrogen (secondary N) is 1. The van der Waals surface area contributed by atoms with Crippen molar-refractivity contribution in [1.82, 2.24) is 4.72 Å². The summed E-state index contributed by atoms with van der Waals surface area (Å²) >= 11 is 0. The molecule has 0 atom stereocenters. The molecule has 0 saturated heterocycles. The van der Waals surface area contributed by atoms with E-state index in [9.17, 15) is 30.0 Å². The number of hydrogen-bond acceptors (Lipinski definition) is 4. The Morgan fingerprint density at radius 2 is 1.62 bits per heavy atom. The maximum atomic E-state index is 13.6. The summed E-state index contributed by atoms with van der Waals surface area (Å²) in [6.07, 6.45) is 1.59. The first kappa shape index (κ1) is 17.7. The largest absolute Gasteiger partial charge is 0.266 e. The van der Waals surface area contributed by atoms with Crippen molar-refractivity contribution in [3.63, 3.8) is 0 Å². The maximum Gasteiger partial charge on any atom is 0.232 e. The summed E-state index contributed by atoms with van der Waals surface area (Å²) in [7, 11) is -7.59. The van der Waals surface area contributed by atoms with Crippen molar-refractivity contribution in [3.05, 3.63) is 29.6 Å². The van der Waals surface area contributed by atoms with E-state index in [1.807, 2.05) is 4.72 Å². The van der Waals surface area contributed by atoms with Crippen LogP contribution in [0.2, 0.25) is 0 Å². The maximum absolute atomic E-state index is 13.6. The lowest BCUT2D eigenvalue weighted by Gasteiger charge is -2.23. The van der Waals surface area contributed by atoms with Gasteiger partial charge >= 0.3 is 0 Å². The molecule has 0 aliphatic carbocycles. The van der Waals surface area contributed by atoms with E-state index in [0.717, 1.165) is 18.6 Å². The van der Waals surface area contributed by atoms with E-state index in [2.05, 4.69) is 0 Å². The second-order valence-corrected chi connectivity index (χ2v) is 7.94. The molecule has 0 fully saturated rings. The van der Waals surface area contributed by atoms with Crippen molar-refractivity contribution in [2.24, 2.45) is 0 Å². The number of nitrogens with zero attached hydrogens (tertiary/aromatic N) is 1. The summed E-state index contributed by atoms with van der Waals surface area (Å²) in [5.41, 5.74) is -0.702. The molecule has 1 rings (SSSR count). The van der Waals surface area contributed by atoms with Crippen LogP contribution in [-0.2, 0) is 20.0 Å². The zero-order valence-electron chi connectivity index (χ0n) is 11.1. The first-order valence-corrected chi connectivity index (χ1v) is 9.23. The highest BCUT2D eigenvalue weighted by Gasteiger charge is 2.24. The Morgan fingerprint density at radius 3 is 2.10 bits per heavy atom. The van der Waals surface area contributed by atoms with Gasteiger partial charge in [-0.2, -0.15) is 0 Å². The molecule has 0 amide bonds. The predicted molar refractivity (Wildman–Crippen MR) is 71.4 cm³/mol. The second kappa shape index (κ2) is 6.20. The first-order chi connectivity index (χ1) is 9.43. The van der Waals surface area contributed by atoms with Gasteiger partial charge in [0.15, 0.2) is 17.5 Å². The molecule has 21 heavy (non-hydrogen) atoms. The summed E-state index contributed by atoms with van der Waals surface area (Å²) < 4.78 is 87.1. The molecule has 0 unspecified atom stereocenters. The highest BCUT2D eigenvalue weighted by molar-refractivity contribution is 7.92. The Hall–Kier alpha value is -1.33. The Bertz CT molecular complexity index is 735. The molecule has 0 aliphatic rings. The second-order valence-electron chi connectivity index (χ2n) is 4.20. The number of rotatable bonds is 6. The predicted octanol–water partition coefficient (Wildman–Crippen LogP) is 0.419. The Labute approximate surface area is 120 Å². The topological polar surface area (TPSA) is 83.6 Å². The lowest BCUT2D eigenvalue weighted by atomic mass is 10.3. The van der Waals surface area contributed by atoms with Crippen molar-refractivity contribution in [3.8, 4) is 0 Å². The van der Waals surface area contributed by atoms with Gasteiger partial charge in [0.2, 0.25) is 20.0 Å². The minimum absolute atomic E-state index is 0.357. The van der Waals surface area contributed by atoms with E-state index in [1.165, 1.54) is 0 Å². The molecule has 11 heteroatoms. The lowest BCUT2D eigenvalue weighted by Crippen LogP contribution is -2.38. The average molecular weight is 346 g/mol. The molecule has 1 N–H and O–H groups in total. The molecule has 1 aromatic carbocycles. The summed E-state index contributed by atoms with van der Waals surface area (Å²) in [5.74, 6) is -4.93. The third-order valence-electron chi connectivity index (χ3n) is 2.36. The Morgan fingerprint density at radius 1 is 1.05 bits per heavy atom. The Balaban J connectivity index is 3.14. The van der Waals surface area contributed by atoms with Crippen molar-refractivity contribution in [1.29, 1.82) is 0 Å². The van der Waals surface area contributed by atoms with Crippen LogP contribution >= 0.6 is 0 Å². The van der Waals surface area contributed by atoms with Gasteiger partial charge in [-0.25, -0.2) is 34.7 Å². The van der Waals surface area contributed by atoms with Gasteiger partial charge in [-0.15, -0.1) is 0 Å². The first-order valence-electron chi connectivity index (χ1n) is 5.49. The summed E-state index contributed by atoms with van der Waals surface area (Å²) in [6, 6.07) is 1.34. The third-order valence-corrected chi connectivity index (χ3v) is 4.27. The summed E-state index contributed by atoms with van der Waals surface area (Å²) in [5, 5.41) is 0. The average Bonchev–Trinajstić information content (AvgIpc) is 2.30. The minimum atomic E-state index is -4.02. The van der Waals surface area contributed by atoms with Crippen LogP contribution in [0, 0.1) is 17.5 Å². The number of hydrogen-bond donors (Lipinski definition) is 1. The van der Waals surface area contributed by atoms with Gasteiger partial charge in [0.25, 0.3) is 0 Å². The summed E-state index contributed by atoms with van der Waals surface area (Å²) in [6.45, 7) is -0.835. The molecule has 0 saturated carbocycles. The van der Waals surface area contributed by atoms with Crippen LogP contribution in [0.25, 0.3) is 0 Å². The van der Waals surface area contributed by atoms with Crippen molar-refractivity contribution in [2.45, 2.75) is 0 Å². The molecule has 0 spiro atoms. The van der Waals surface area contributed by atoms with Crippen molar-refractivity contribution >= 4 is 25.7 Å². The number of benzene rings is 1.